The van der Waals surface area contributed by atoms with Crippen molar-refractivity contribution in [1.29, 1.82) is 0 Å². The monoisotopic (exact) mass is 276 g/mol. The highest BCUT2D eigenvalue weighted by atomic mass is 16.5. The molecular formula is C17H28N2O. The van der Waals surface area contributed by atoms with Crippen LogP contribution in [0.1, 0.15) is 44.7 Å². The van der Waals surface area contributed by atoms with Gasteiger partial charge in [0, 0.05) is 11.6 Å². The third kappa shape index (κ3) is 3.74. The second-order valence-electron chi connectivity index (χ2n) is 5.70. The zero-order chi connectivity index (χ0) is 14.4. The van der Waals surface area contributed by atoms with Crippen molar-refractivity contribution in [3.05, 3.63) is 29.8 Å². The van der Waals surface area contributed by atoms with Gasteiger partial charge >= 0.3 is 0 Å². The lowest BCUT2D eigenvalue weighted by atomic mass is 9.92. The van der Waals surface area contributed by atoms with Crippen LogP contribution in [0.15, 0.2) is 24.3 Å². The van der Waals surface area contributed by atoms with E-state index in [1.165, 1.54) is 37.9 Å². The van der Waals surface area contributed by atoms with E-state index in [4.69, 9.17) is 10.5 Å². The molecule has 0 spiro atoms. The Bertz CT molecular complexity index is 400. The highest BCUT2D eigenvalue weighted by Crippen LogP contribution is 2.32. The molecule has 112 valence electrons. The summed E-state index contributed by atoms with van der Waals surface area (Å²) in [5, 5.41) is 0. The predicted molar refractivity (Wildman–Crippen MR) is 84.0 cm³/mol. The SMILES string of the molecule is CCOc1ccccc1C(C)N1CCC(CCN)CC1. The first-order chi connectivity index (χ1) is 9.76. The topological polar surface area (TPSA) is 38.5 Å². The van der Waals surface area contributed by atoms with Crippen LogP contribution in [-0.4, -0.2) is 31.1 Å². The molecule has 0 saturated carbocycles. The van der Waals surface area contributed by atoms with E-state index in [9.17, 15) is 0 Å². The Morgan fingerprint density at radius 2 is 2.00 bits per heavy atom. The summed E-state index contributed by atoms with van der Waals surface area (Å²) >= 11 is 0. The smallest absolute Gasteiger partial charge is 0.124 e. The molecule has 1 atom stereocenters. The molecule has 1 aliphatic heterocycles. The summed E-state index contributed by atoms with van der Waals surface area (Å²) in [4.78, 5) is 2.57. The molecule has 3 heteroatoms. The van der Waals surface area contributed by atoms with Crippen molar-refractivity contribution < 1.29 is 4.74 Å². The highest BCUT2D eigenvalue weighted by Gasteiger charge is 2.24. The summed E-state index contributed by atoms with van der Waals surface area (Å²) < 4.78 is 5.77. The first-order valence-corrected chi connectivity index (χ1v) is 7.92. The third-order valence-electron chi connectivity index (χ3n) is 4.44. The molecule has 0 aromatic heterocycles. The van der Waals surface area contributed by atoms with Gasteiger partial charge in [-0.15, -0.1) is 0 Å². The van der Waals surface area contributed by atoms with Gasteiger partial charge in [0.25, 0.3) is 0 Å². The Morgan fingerprint density at radius 1 is 1.30 bits per heavy atom. The summed E-state index contributed by atoms with van der Waals surface area (Å²) in [7, 11) is 0. The van der Waals surface area contributed by atoms with Crippen molar-refractivity contribution >= 4 is 0 Å². The van der Waals surface area contributed by atoms with Crippen LogP contribution in [0.4, 0.5) is 0 Å². The average molecular weight is 276 g/mol. The first-order valence-electron chi connectivity index (χ1n) is 7.92. The Labute approximate surface area is 123 Å². The minimum atomic E-state index is 0.427. The predicted octanol–water partition coefficient (Wildman–Crippen LogP) is 3.21. The Balaban J connectivity index is 1.99. The Hall–Kier alpha value is -1.06. The molecule has 1 saturated heterocycles. The zero-order valence-corrected chi connectivity index (χ0v) is 12.8. The van der Waals surface area contributed by atoms with Gasteiger partial charge in [-0.1, -0.05) is 18.2 Å². The van der Waals surface area contributed by atoms with Crippen molar-refractivity contribution in [3.8, 4) is 5.75 Å². The molecule has 20 heavy (non-hydrogen) atoms. The summed E-state index contributed by atoms with van der Waals surface area (Å²) in [6, 6.07) is 8.86. The number of nitrogens with zero attached hydrogens (tertiary/aromatic N) is 1. The molecule has 1 fully saturated rings. The highest BCUT2D eigenvalue weighted by molar-refractivity contribution is 5.35. The van der Waals surface area contributed by atoms with Gasteiger partial charge < -0.3 is 10.5 Å². The maximum atomic E-state index is 5.77. The van der Waals surface area contributed by atoms with Gasteiger partial charge in [-0.05, 0) is 64.7 Å². The Morgan fingerprint density at radius 3 is 2.65 bits per heavy atom. The Kier molecular flexibility index (Phi) is 5.86. The fraction of sp³-hybridized carbons (Fsp3) is 0.647. The van der Waals surface area contributed by atoms with E-state index in [0.29, 0.717) is 6.04 Å². The van der Waals surface area contributed by atoms with Crippen LogP contribution in [0, 0.1) is 5.92 Å². The van der Waals surface area contributed by atoms with Crippen LogP contribution in [0.2, 0.25) is 0 Å². The van der Waals surface area contributed by atoms with Crippen LogP contribution in [0.25, 0.3) is 0 Å². The van der Waals surface area contributed by atoms with E-state index in [1.54, 1.807) is 0 Å². The van der Waals surface area contributed by atoms with Gasteiger partial charge in [0.2, 0.25) is 0 Å². The van der Waals surface area contributed by atoms with E-state index in [1.807, 2.05) is 6.92 Å². The molecule has 2 N–H and O–H groups in total. The molecule has 2 rings (SSSR count). The lowest BCUT2D eigenvalue weighted by Gasteiger charge is -2.36. The minimum absolute atomic E-state index is 0.427. The summed E-state index contributed by atoms with van der Waals surface area (Å²) in [6.07, 6.45) is 3.73. The molecule has 1 aromatic carbocycles. The molecule has 0 radical (unpaired) electrons. The van der Waals surface area contributed by atoms with Gasteiger partial charge in [-0.2, -0.15) is 0 Å². The number of hydrogen-bond donors (Lipinski definition) is 1. The second-order valence-corrected chi connectivity index (χ2v) is 5.70. The summed E-state index contributed by atoms with van der Waals surface area (Å²) in [5.41, 5.74) is 6.98. The van der Waals surface area contributed by atoms with Crippen molar-refractivity contribution in [2.45, 2.75) is 39.2 Å². The zero-order valence-electron chi connectivity index (χ0n) is 12.8. The van der Waals surface area contributed by atoms with Gasteiger partial charge in [0.05, 0.1) is 6.61 Å². The number of benzene rings is 1. The molecule has 1 aromatic rings. The lowest BCUT2D eigenvalue weighted by Crippen LogP contribution is -2.36. The van der Waals surface area contributed by atoms with Crippen LogP contribution in [-0.2, 0) is 0 Å². The van der Waals surface area contributed by atoms with Gasteiger partial charge in [-0.3, -0.25) is 4.90 Å². The third-order valence-corrected chi connectivity index (χ3v) is 4.44. The van der Waals surface area contributed by atoms with E-state index >= 15 is 0 Å². The number of para-hydroxylation sites is 1. The van der Waals surface area contributed by atoms with Crippen molar-refractivity contribution in [1.82, 2.24) is 4.90 Å². The molecule has 0 bridgehead atoms. The minimum Gasteiger partial charge on any atom is -0.494 e. The standard InChI is InChI=1S/C17H28N2O/c1-3-20-17-7-5-4-6-16(17)14(2)19-12-9-15(8-11-18)10-13-19/h4-7,14-15H,3,8-13,18H2,1-2H3. The normalized spacial score (nSPS) is 18.9. The van der Waals surface area contributed by atoms with Crippen LogP contribution >= 0.6 is 0 Å². The maximum Gasteiger partial charge on any atom is 0.124 e. The maximum absolute atomic E-state index is 5.77. The number of nitrogens with two attached hydrogens (primary N) is 1. The number of hydrogen-bond acceptors (Lipinski definition) is 3. The lowest BCUT2D eigenvalue weighted by molar-refractivity contribution is 0.136. The number of rotatable bonds is 6. The van der Waals surface area contributed by atoms with E-state index < -0.39 is 0 Å². The van der Waals surface area contributed by atoms with E-state index in [0.717, 1.165) is 24.8 Å². The molecule has 0 amide bonds. The largest absolute Gasteiger partial charge is 0.494 e. The van der Waals surface area contributed by atoms with Gasteiger partial charge in [-0.25, -0.2) is 0 Å². The fourth-order valence-electron chi connectivity index (χ4n) is 3.17. The molecule has 1 heterocycles. The number of ether oxygens (including phenoxy) is 1. The molecule has 0 aliphatic carbocycles. The van der Waals surface area contributed by atoms with Gasteiger partial charge in [0.15, 0.2) is 0 Å². The molecular weight excluding hydrogens is 248 g/mol. The summed E-state index contributed by atoms with van der Waals surface area (Å²) in [5.74, 6) is 1.86. The van der Waals surface area contributed by atoms with Crippen LogP contribution in [0.3, 0.4) is 0 Å². The van der Waals surface area contributed by atoms with Gasteiger partial charge in [0.1, 0.15) is 5.75 Å². The van der Waals surface area contributed by atoms with Crippen molar-refractivity contribution in [2.24, 2.45) is 11.7 Å². The quantitative estimate of drug-likeness (QED) is 0.867. The van der Waals surface area contributed by atoms with Crippen molar-refractivity contribution in [2.75, 3.05) is 26.2 Å². The fourth-order valence-corrected chi connectivity index (χ4v) is 3.17. The number of likely N-dealkylation sites (tertiary alicyclic amines) is 1. The molecule has 1 unspecified atom stereocenters. The second kappa shape index (κ2) is 7.65. The van der Waals surface area contributed by atoms with Crippen LogP contribution < -0.4 is 10.5 Å². The van der Waals surface area contributed by atoms with Crippen molar-refractivity contribution in [3.63, 3.8) is 0 Å². The van der Waals surface area contributed by atoms with E-state index in [-0.39, 0.29) is 0 Å². The molecule has 3 nitrogen and oxygen atoms in total. The van der Waals surface area contributed by atoms with Crippen LogP contribution in [0.5, 0.6) is 5.75 Å². The number of piperidine rings is 1. The average Bonchev–Trinajstić information content (AvgIpc) is 2.49. The van der Waals surface area contributed by atoms with E-state index in [2.05, 4.69) is 36.1 Å². The molecule has 1 aliphatic rings. The summed E-state index contributed by atoms with van der Waals surface area (Å²) in [6.45, 7) is 8.23. The first kappa shape index (κ1) is 15.3.